The number of hydrogen-bond acceptors (Lipinski definition) is 5. The van der Waals surface area contributed by atoms with E-state index in [0.717, 1.165) is 11.1 Å². The Labute approximate surface area is 122 Å². The summed E-state index contributed by atoms with van der Waals surface area (Å²) in [6.45, 7) is 5.43. The van der Waals surface area contributed by atoms with Gasteiger partial charge in [-0.1, -0.05) is 12.1 Å². The second kappa shape index (κ2) is 5.88. The Kier molecular flexibility index (Phi) is 4.18. The van der Waals surface area contributed by atoms with Crippen molar-refractivity contribution in [1.29, 1.82) is 0 Å². The molecule has 0 saturated heterocycles. The Morgan fingerprint density at radius 2 is 2.05 bits per heavy atom. The molecule has 0 saturated carbocycles. The van der Waals surface area contributed by atoms with Crippen LogP contribution >= 0.6 is 0 Å². The molecule has 2 rings (SSSR count). The molecule has 1 aromatic carbocycles. The fraction of sp³-hybridized carbons (Fsp3) is 0.267. The molecule has 110 valence electrons. The van der Waals surface area contributed by atoms with Gasteiger partial charge in [-0.15, -0.1) is 0 Å². The molecule has 6 nitrogen and oxygen atoms in total. The third-order valence-corrected chi connectivity index (χ3v) is 3.09. The van der Waals surface area contributed by atoms with Gasteiger partial charge in [-0.05, 0) is 37.5 Å². The van der Waals surface area contributed by atoms with Crippen LogP contribution in [0.5, 0.6) is 11.6 Å². The fourth-order valence-corrected chi connectivity index (χ4v) is 2.03. The maximum atomic E-state index is 11.1. The Hall–Kier alpha value is -2.47. The highest BCUT2D eigenvalue weighted by atomic mass is 16.6. The first-order chi connectivity index (χ1) is 9.88. The van der Waals surface area contributed by atoms with E-state index >= 15 is 0 Å². The largest absolute Gasteiger partial charge is 0.432 e. The van der Waals surface area contributed by atoms with E-state index in [-0.39, 0.29) is 17.5 Å². The average Bonchev–Trinajstić information content (AvgIpc) is 2.41. The molecule has 0 aliphatic rings. The molecule has 6 heteroatoms. The van der Waals surface area contributed by atoms with Crippen molar-refractivity contribution in [2.24, 2.45) is 5.73 Å². The predicted molar refractivity (Wildman–Crippen MR) is 79.5 cm³/mol. The molecule has 1 aromatic heterocycles. The minimum absolute atomic E-state index is 0.0643. The number of nitrogens with two attached hydrogens (primary N) is 1. The van der Waals surface area contributed by atoms with Gasteiger partial charge < -0.3 is 10.5 Å². The van der Waals surface area contributed by atoms with E-state index in [9.17, 15) is 10.1 Å². The number of rotatable bonds is 4. The van der Waals surface area contributed by atoms with Gasteiger partial charge in [-0.2, -0.15) is 0 Å². The van der Waals surface area contributed by atoms with Crippen molar-refractivity contribution in [1.82, 2.24) is 4.98 Å². The molecular weight excluding hydrogens is 270 g/mol. The molecule has 0 fully saturated rings. The molecule has 0 aliphatic heterocycles. The first-order valence-electron chi connectivity index (χ1n) is 6.53. The van der Waals surface area contributed by atoms with Crippen LogP contribution in [0.25, 0.3) is 0 Å². The fourth-order valence-electron chi connectivity index (χ4n) is 2.03. The summed E-state index contributed by atoms with van der Waals surface area (Å²) >= 11 is 0. The van der Waals surface area contributed by atoms with E-state index in [4.69, 9.17) is 10.5 Å². The van der Waals surface area contributed by atoms with Crippen molar-refractivity contribution >= 4 is 5.69 Å². The molecule has 1 unspecified atom stereocenters. The molecule has 0 radical (unpaired) electrons. The minimum atomic E-state index is -0.453. The number of nitro groups is 1. The van der Waals surface area contributed by atoms with Crippen molar-refractivity contribution < 1.29 is 9.66 Å². The van der Waals surface area contributed by atoms with Crippen LogP contribution in [0.3, 0.4) is 0 Å². The molecular formula is C15H17N3O3. The normalized spacial score (nSPS) is 12.0. The number of ether oxygens (including phenoxy) is 1. The van der Waals surface area contributed by atoms with Gasteiger partial charge in [-0.3, -0.25) is 10.1 Å². The van der Waals surface area contributed by atoms with Crippen LogP contribution in [0.1, 0.15) is 29.7 Å². The first-order valence-corrected chi connectivity index (χ1v) is 6.53. The highest BCUT2D eigenvalue weighted by Gasteiger charge is 2.19. The molecule has 2 N–H and O–H groups in total. The standard InChI is InChI=1S/C15H17N3O3/c1-9-6-10(2)15(13(7-9)18(19)20)21-14-5-4-12(8-17-14)11(3)16/h4-8,11H,16H2,1-3H3. The van der Waals surface area contributed by atoms with Crippen molar-refractivity contribution in [3.05, 3.63) is 57.3 Å². The van der Waals surface area contributed by atoms with E-state index in [1.807, 2.05) is 13.0 Å². The van der Waals surface area contributed by atoms with E-state index in [1.54, 1.807) is 32.2 Å². The lowest BCUT2D eigenvalue weighted by atomic mass is 10.1. The summed E-state index contributed by atoms with van der Waals surface area (Å²) in [5, 5.41) is 11.1. The predicted octanol–water partition coefficient (Wildman–Crippen LogP) is 3.42. The van der Waals surface area contributed by atoms with Gasteiger partial charge in [-0.25, -0.2) is 4.98 Å². The summed E-state index contributed by atoms with van der Waals surface area (Å²) in [5.74, 6) is 0.515. The summed E-state index contributed by atoms with van der Waals surface area (Å²) < 4.78 is 5.60. The van der Waals surface area contributed by atoms with Crippen molar-refractivity contribution in [2.75, 3.05) is 0 Å². The number of nitro benzene ring substituents is 1. The van der Waals surface area contributed by atoms with Crippen LogP contribution < -0.4 is 10.5 Å². The monoisotopic (exact) mass is 287 g/mol. The molecule has 0 amide bonds. The number of aromatic nitrogens is 1. The zero-order valence-corrected chi connectivity index (χ0v) is 12.2. The maximum absolute atomic E-state index is 11.1. The van der Waals surface area contributed by atoms with Crippen LogP contribution in [0, 0.1) is 24.0 Å². The van der Waals surface area contributed by atoms with Crippen molar-refractivity contribution in [3.63, 3.8) is 0 Å². The van der Waals surface area contributed by atoms with Crippen LogP contribution in [0.15, 0.2) is 30.5 Å². The summed E-state index contributed by atoms with van der Waals surface area (Å²) in [5.41, 5.74) is 8.07. The van der Waals surface area contributed by atoms with Gasteiger partial charge in [0.2, 0.25) is 11.6 Å². The van der Waals surface area contributed by atoms with Crippen molar-refractivity contribution in [2.45, 2.75) is 26.8 Å². The van der Waals surface area contributed by atoms with Gasteiger partial charge in [0.25, 0.3) is 0 Å². The highest BCUT2D eigenvalue weighted by molar-refractivity contribution is 5.54. The van der Waals surface area contributed by atoms with Crippen LogP contribution in [0.4, 0.5) is 5.69 Å². The zero-order valence-electron chi connectivity index (χ0n) is 12.2. The first kappa shape index (κ1) is 14.9. The summed E-state index contributed by atoms with van der Waals surface area (Å²) in [4.78, 5) is 14.8. The summed E-state index contributed by atoms with van der Waals surface area (Å²) in [6, 6.07) is 6.64. The number of nitrogens with zero attached hydrogens (tertiary/aromatic N) is 2. The van der Waals surface area contributed by atoms with Crippen LogP contribution in [-0.2, 0) is 0 Å². The number of aryl methyl sites for hydroxylation is 2. The Balaban J connectivity index is 2.37. The van der Waals surface area contributed by atoms with Crippen LogP contribution in [0.2, 0.25) is 0 Å². The van der Waals surface area contributed by atoms with Crippen molar-refractivity contribution in [3.8, 4) is 11.6 Å². The van der Waals surface area contributed by atoms with Gasteiger partial charge in [0.1, 0.15) is 0 Å². The van der Waals surface area contributed by atoms with E-state index in [2.05, 4.69) is 4.98 Å². The molecule has 1 atom stereocenters. The van der Waals surface area contributed by atoms with Gasteiger partial charge >= 0.3 is 5.69 Å². The molecule has 0 bridgehead atoms. The minimum Gasteiger partial charge on any atom is -0.432 e. The van der Waals surface area contributed by atoms with Gasteiger partial charge in [0, 0.05) is 24.4 Å². The Morgan fingerprint density at radius 1 is 1.33 bits per heavy atom. The molecule has 2 aromatic rings. The molecule has 1 heterocycles. The maximum Gasteiger partial charge on any atom is 0.312 e. The zero-order chi connectivity index (χ0) is 15.6. The van der Waals surface area contributed by atoms with Crippen LogP contribution in [-0.4, -0.2) is 9.91 Å². The van der Waals surface area contributed by atoms with Gasteiger partial charge in [0.05, 0.1) is 4.92 Å². The lowest BCUT2D eigenvalue weighted by molar-refractivity contribution is -0.385. The summed E-state index contributed by atoms with van der Waals surface area (Å²) in [7, 11) is 0. The van der Waals surface area contributed by atoms with E-state index in [1.165, 1.54) is 6.07 Å². The third kappa shape index (κ3) is 3.35. The molecule has 0 aliphatic carbocycles. The summed E-state index contributed by atoms with van der Waals surface area (Å²) in [6.07, 6.45) is 1.61. The molecule has 21 heavy (non-hydrogen) atoms. The lowest BCUT2D eigenvalue weighted by Gasteiger charge is -2.10. The number of benzene rings is 1. The second-order valence-electron chi connectivity index (χ2n) is 5.01. The smallest absolute Gasteiger partial charge is 0.312 e. The SMILES string of the molecule is Cc1cc(C)c(Oc2ccc(C(C)N)cn2)c([N+](=O)[O-])c1. The Morgan fingerprint density at radius 3 is 2.57 bits per heavy atom. The Bertz CT molecular complexity index is 667. The quantitative estimate of drug-likeness (QED) is 0.687. The highest BCUT2D eigenvalue weighted by Crippen LogP contribution is 2.35. The van der Waals surface area contributed by atoms with E-state index in [0.29, 0.717) is 11.4 Å². The van der Waals surface area contributed by atoms with Gasteiger partial charge in [0.15, 0.2) is 0 Å². The second-order valence-corrected chi connectivity index (χ2v) is 5.01. The number of pyridine rings is 1. The molecule has 0 spiro atoms. The lowest BCUT2D eigenvalue weighted by Crippen LogP contribution is -2.05. The average molecular weight is 287 g/mol. The topological polar surface area (TPSA) is 91.3 Å². The number of hydrogen-bond donors (Lipinski definition) is 1. The van der Waals surface area contributed by atoms with E-state index < -0.39 is 4.92 Å². The third-order valence-electron chi connectivity index (χ3n) is 3.09.